The van der Waals surface area contributed by atoms with E-state index < -0.39 is 10.0 Å². The van der Waals surface area contributed by atoms with E-state index in [1.165, 1.54) is 25.7 Å². The minimum atomic E-state index is -3.40. The van der Waals surface area contributed by atoms with Crippen molar-refractivity contribution in [3.63, 3.8) is 0 Å². The van der Waals surface area contributed by atoms with Crippen molar-refractivity contribution in [3.05, 3.63) is 28.7 Å². The Morgan fingerprint density at radius 3 is 2.50 bits per heavy atom. The molecule has 0 saturated heterocycles. The van der Waals surface area contributed by atoms with Gasteiger partial charge in [-0.05, 0) is 46.3 Å². The van der Waals surface area contributed by atoms with Crippen LogP contribution in [0.2, 0.25) is 0 Å². The van der Waals surface area contributed by atoms with Crippen molar-refractivity contribution in [1.82, 2.24) is 4.72 Å². The second-order valence-corrected chi connectivity index (χ2v) is 8.33. The Balaban J connectivity index is 1.86. The Kier molecular flexibility index (Phi) is 5.64. The maximum atomic E-state index is 12.2. The molecule has 20 heavy (non-hydrogen) atoms. The fourth-order valence-corrected chi connectivity index (χ4v) is 4.80. The Morgan fingerprint density at radius 1 is 1.20 bits per heavy atom. The molecule has 5 heteroatoms. The molecule has 1 aromatic rings. The third kappa shape index (κ3) is 4.30. The van der Waals surface area contributed by atoms with Crippen molar-refractivity contribution in [2.75, 3.05) is 6.54 Å². The van der Waals surface area contributed by atoms with Crippen LogP contribution in [-0.4, -0.2) is 15.0 Å². The second kappa shape index (κ2) is 7.05. The summed E-state index contributed by atoms with van der Waals surface area (Å²) in [5, 5.41) is 0. The average molecular weight is 360 g/mol. The topological polar surface area (TPSA) is 46.2 Å². The van der Waals surface area contributed by atoms with E-state index in [2.05, 4.69) is 27.6 Å². The van der Waals surface area contributed by atoms with Gasteiger partial charge in [-0.15, -0.1) is 0 Å². The number of sulfonamides is 1. The fraction of sp³-hybridized carbons (Fsp3) is 0.600. The quantitative estimate of drug-likeness (QED) is 0.864. The molecular formula is C15H22BrNO2S. The van der Waals surface area contributed by atoms with E-state index in [-0.39, 0.29) is 0 Å². The Labute approximate surface area is 130 Å². The molecule has 1 aliphatic rings. The molecule has 0 aromatic heterocycles. The van der Waals surface area contributed by atoms with Gasteiger partial charge in [0.05, 0.1) is 4.90 Å². The summed E-state index contributed by atoms with van der Waals surface area (Å²) in [7, 11) is -3.40. The second-order valence-electron chi connectivity index (χ2n) is 5.74. The number of halogens is 1. The van der Waals surface area contributed by atoms with Gasteiger partial charge < -0.3 is 0 Å². The lowest BCUT2D eigenvalue weighted by Gasteiger charge is -2.26. The zero-order valence-corrected chi connectivity index (χ0v) is 14.2. The third-order valence-electron chi connectivity index (χ3n) is 4.11. The van der Waals surface area contributed by atoms with Crippen LogP contribution in [0.5, 0.6) is 0 Å². The molecule has 1 saturated carbocycles. The summed E-state index contributed by atoms with van der Waals surface area (Å²) >= 11 is 3.29. The number of benzene rings is 1. The van der Waals surface area contributed by atoms with Crippen molar-refractivity contribution in [2.24, 2.45) is 11.8 Å². The van der Waals surface area contributed by atoms with Crippen LogP contribution < -0.4 is 4.72 Å². The van der Waals surface area contributed by atoms with Gasteiger partial charge in [0.2, 0.25) is 10.0 Å². The summed E-state index contributed by atoms with van der Waals surface area (Å²) in [5.74, 6) is 1.51. The fourth-order valence-electron chi connectivity index (χ4n) is 2.76. The lowest BCUT2D eigenvalue weighted by atomic mass is 9.81. The highest BCUT2D eigenvalue weighted by Crippen LogP contribution is 2.30. The van der Waals surface area contributed by atoms with Crippen LogP contribution >= 0.6 is 15.9 Å². The Bertz CT molecular complexity index is 537. The molecular weight excluding hydrogens is 338 g/mol. The first-order chi connectivity index (χ1) is 9.49. The monoisotopic (exact) mass is 359 g/mol. The maximum Gasteiger partial charge on any atom is 0.241 e. The van der Waals surface area contributed by atoms with E-state index in [0.717, 1.165) is 12.3 Å². The molecule has 0 bridgehead atoms. The van der Waals surface area contributed by atoms with Crippen LogP contribution in [0, 0.1) is 11.8 Å². The largest absolute Gasteiger partial charge is 0.241 e. The molecule has 2 rings (SSSR count). The van der Waals surface area contributed by atoms with Gasteiger partial charge in [0.1, 0.15) is 0 Å². The molecule has 1 fully saturated rings. The summed E-state index contributed by atoms with van der Waals surface area (Å²) < 4.78 is 27.7. The summed E-state index contributed by atoms with van der Waals surface area (Å²) in [4.78, 5) is 0.317. The van der Waals surface area contributed by atoms with Gasteiger partial charge in [-0.25, -0.2) is 13.1 Å². The molecule has 0 radical (unpaired) electrons. The number of hydrogen-bond donors (Lipinski definition) is 1. The van der Waals surface area contributed by atoms with E-state index in [4.69, 9.17) is 0 Å². The highest BCUT2D eigenvalue weighted by Gasteiger charge is 2.20. The SMILES string of the molecule is CC1CCC(CCNS(=O)(=O)c2ccccc2Br)CC1. The van der Waals surface area contributed by atoms with Crippen molar-refractivity contribution < 1.29 is 8.42 Å². The number of nitrogens with one attached hydrogen (secondary N) is 1. The molecule has 1 N–H and O–H groups in total. The minimum absolute atomic E-state index is 0.317. The predicted molar refractivity (Wildman–Crippen MR) is 85.1 cm³/mol. The number of hydrogen-bond acceptors (Lipinski definition) is 2. The Morgan fingerprint density at radius 2 is 1.85 bits per heavy atom. The molecule has 0 aliphatic heterocycles. The first-order valence-corrected chi connectivity index (χ1v) is 9.51. The van der Waals surface area contributed by atoms with E-state index in [9.17, 15) is 8.42 Å². The van der Waals surface area contributed by atoms with E-state index >= 15 is 0 Å². The van der Waals surface area contributed by atoms with Gasteiger partial charge in [-0.3, -0.25) is 0 Å². The summed E-state index contributed by atoms with van der Waals surface area (Å²) in [6, 6.07) is 6.92. The van der Waals surface area contributed by atoms with Crippen molar-refractivity contribution in [2.45, 2.75) is 43.9 Å². The van der Waals surface area contributed by atoms with Gasteiger partial charge in [0.25, 0.3) is 0 Å². The summed E-state index contributed by atoms with van der Waals surface area (Å²) in [6.45, 7) is 2.83. The summed E-state index contributed by atoms with van der Waals surface area (Å²) in [5.41, 5.74) is 0. The van der Waals surface area contributed by atoms with E-state index in [1.807, 2.05) is 6.07 Å². The van der Waals surface area contributed by atoms with Gasteiger partial charge in [0.15, 0.2) is 0 Å². The van der Waals surface area contributed by atoms with Gasteiger partial charge in [0, 0.05) is 11.0 Å². The molecule has 0 unspecified atom stereocenters. The molecule has 3 nitrogen and oxygen atoms in total. The highest BCUT2D eigenvalue weighted by atomic mass is 79.9. The Hall–Kier alpha value is -0.390. The molecule has 1 aliphatic carbocycles. The third-order valence-corrected chi connectivity index (χ3v) is 6.58. The minimum Gasteiger partial charge on any atom is -0.211 e. The lowest BCUT2D eigenvalue weighted by Crippen LogP contribution is -2.27. The zero-order chi connectivity index (χ0) is 14.6. The smallest absolute Gasteiger partial charge is 0.211 e. The molecule has 112 valence electrons. The van der Waals surface area contributed by atoms with Crippen LogP contribution in [0.1, 0.15) is 39.0 Å². The van der Waals surface area contributed by atoms with Crippen molar-refractivity contribution in [3.8, 4) is 0 Å². The molecule has 0 heterocycles. The van der Waals surface area contributed by atoms with E-state index in [0.29, 0.717) is 21.8 Å². The molecule has 0 spiro atoms. The van der Waals surface area contributed by atoms with Gasteiger partial charge >= 0.3 is 0 Å². The maximum absolute atomic E-state index is 12.2. The van der Waals surface area contributed by atoms with Crippen LogP contribution in [-0.2, 0) is 10.0 Å². The molecule has 0 amide bonds. The normalized spacial score (nSPS) is 23.7. The lowest BCUT2D eigenvalue weighted by molar-refractivity contribution is 0.278. The highest BCUT2D eigenvalue weighted by molar-refractivity contribution is 9.10. The van der Waals surface area contributed by atoms with Crippen LogP contribution in [0.15, 0.2) is 33.6 Å². The van der Waals surface area contributed by atoms with E-state index in [1.54, 1.807) is 18.2 Å². The predicted octanol–water partition coefficient (Wildman–Crippen LogP) is 3.94. The molecule has 0 atom stereocenters. The average Bonchev–Trinajstić information content (AvgIpc) is 2.41. The van der Waals surface area contributed by atoms with Crippen LogP contribution in [0.4, 0.5) is 0 Å². The van der Waals surface area contributed by atoms with Gasteiger partial charge in [-0.2, -0.15) is 0 Å². The standard InChI is InChI=1S/C15H22BrNO2S/c1-12-6-8-13(9-7-12)10-11-17-20(18,19)15-5-3-2-4-14(15)16/h2-5,12-13,17H,6-11H2,1H3. The molecule has 1 aromatic carbocycles. The first-order valence-electron chi connectivity index (χ1n) is 7.23. The first kappa shape index (κ1) is 16.0. The summed E-state index contributed by atoms with van der Waals surface area (Å²) in [6.07, 6.45) is 5.97. The van der Waals surface area contributed by atoms with Crippen molar-refractivity contribution >= 4 is 26.0 Å². The number of rotatable bonds is 5. The van der Waals surface area contributed by atoms with Crippen LogP contribution in [0.25, 0.3) is 0 Å². The zero-order valence-electron chi connectivity index (χ0n) is 11.8. The van der Waals surface area contributed by atoms with Crippen LogP contribution in [0.3, 0.4) is 0 Å². The van der Waals surface area contributed by atoms with Gasteiger partial charge in [-0.1, -0.05) is 44.7 Å². The van der Waals surface area contributed by atoms with Crippen molar-refractivity contribution in [1.29, 1.82) is 0 Å².